The minimum atomic E-state index is -0.0184. The molecule has 0 saturated carbocycles. The van der Waals surface area contributed by atoms with Crippen molar-refractivity contribution in [3.8, 4) is 5.75 Å². The van der Waals surface area contributed by atoms with Crippen LogP contribution < -0.4 is 10.1 Å². The van der Waals surface area contributed by atoms with Crippen molar-refractivity contribution in [3.63, 3.8) is 0 Å². The van der Waals surface area contributed by atoms with E-state index in [1.165, 1.54) is 0 Å². The quantitative estimate of drug-likeness (QED) is 0.643. The number of aromatic nitrogens is 2. The lowest BCUT2D eigenvalue weighted by Crippen LogP contribution is -2.23. The third-order valence-corrected chi connectivity index (χ3v) is 3.77. The second-order valence-electron chi connectivity index (χ2n) is 5.38. The van der Waals surface area contributed by atoms with Crippen LogP contribution >= 0.6 is 11.6 Å². The number of carbonyl (C=O) groups excluding carboxylic acids is 1. The fourth-order valence-electron chi connectivity index (χ4n) is 2.31. The molecule has 1 amide bonds. The van der Waals surface area contributed by atoms with Crippen LogP contribution in [0, 0.1) is 0 Å². The van der Waals surface area contributed by atoms with Crippen molar-refractivity contribution in [3.05, 3.63) is 59.4 Å². The van der Waals surface area contributed by atoms with Gasteiger partial charge in [0.2, 0.25) is 5.91 Å². The van der Waals surface area contributed by atoms with Gasteiger partial charge >= 0.3 is 0 Å². The minimum Gasteiger partial charge on any atom is -0.494 e. The lowest BCUT2D eigenvalue weighted by molar-refractivity contribution is -0.121. The lowest BCUT2D eigenvalue weighted by atomic mass is 10.3. The first kappa shape index (κ1) is 16.3. The first-order chi connectivity index (χ1) is 11.7. The molecule has 3 aromatic rings. The van der Waals surface area contributed by atoms with Crippen LogP contribution in [0.3, 0.4) is 0 Å². The summed E-state index contributed by atoms with van der Waals surface area (Å²) in [5, 5.41) is 3.53. The zero-order chi connectivity index (χ0) is 16.8. The van der Waals surface area contributed by atoms with Gasteiger partial charge < -0.3 is 15.0 Å². The van der Waals surface area contributed by atoms with Gasteiger partial charge in [-0.25, -0.2) is 4.98 Å². The number of amides is 1. The number of fused-ring (bicyclic) bond motifs is 1. The van der Waals surface area contributed by atoms with Gasteiger partial charge in [0.05, 0.1) is 24.2 Å². The SMILES string of the molecule is O=C(CCCOc1ccc(Cl)cc1)NCc1nc2ccccc2[nH]1. The Morgan fingerprint density at radius 2 is 1.96 bits per heavy atom. The van der Waals surface area contributed by atoms with Crippen LogP contribution in [0.4, 0.5) is 0 Å². The number of aromatic amines is 1. The predicted octanol–water partition coefficient (Wildman–Crippen LogP) is 3.69. The lowest BCUT2D eigenvalue weighted by Gasteiger charge is -2.06. The smallest absolute Gasteiger partial charge is 0.220 e. The van der Waals surface area contributed by atoms with E-state index in [9.17, 15) is 4.79 Å². The summed E-state index contributed by atoms with van der Waals surface area (Å²) in [4.78, 5) is 19.5. The van der Waals surface area contributed by atoms with Gasteiger partial charge in [-0.15, -0.1) is 0 Å². The summed E-state index contributed by atoms with van der Waals surface area (Å²) >= 11 is 5.81. The van der Waals surface area contributed by atoms with Crippen molar-refractivity contribution in [2.75, 3.05) is 6.61 Å². The van der Waals surface area contributed by atoms with Gasteiger partial charge in [0.15, 0.2) is 0 Å². The van der Waals surface area contributed by atoms with Gasteiger partial charge in [0, 0.05) is 11.4 Å². The number of carbonyl (C=O) groups is 1. The number of H-pyrrole nitrogens is 1. The Balaban J connectivity index is 1.37. The van der Waals surface area contributed by atoms with Gasteiger partial charge in [0.25, 0.3) is 0 Å². The molecule has 24 heavy (non-hydrogen) atoms. The van der Waals surface area contributed by atoms with Crippen LogP contribution in [0.15, 0.2) is 48.5 Å². The average Bonchev–Trinajstić information content (AvgIpc) is 3.01. The van der Waals surface area contributed by atoms with E-state index in [1.807, 2.05) is 36.4 Å². The van der Waals surface area contributed by atoms with Gasteiger partial charge in [-0.2, -0.15) is 0 Å². The predicted molar refractivity (Wildman–Crippen MR) is 94.1 cm³/mol. The second kappa shape index (κ2) is 7.84. The molecule has 0 unspecified atom stereocenters. The number of para-hydroxylation sites is 2. The maximum Gasteiger partial charge on any atom is 0.220 e. The molecule has 1 aromatic heterocycles. The van der Waals surface area contributed by atoms with Crippen LogP contribution in [0.5, 0.6) is 5.75 Å². The fraction of sp³-hybridized carbons (Fsp3) is 0.222. The number of hydrogen-bond donors (Lipinski definition) is 2. The molecule has 2 aromatic carbocycles. The largest absolute Gasteiger partial charge is 0.494 e. The van der Waals surface area contributed by atoms with E-state index in [0.717, 1.165) is 22.6 Å². The van der Waals surface area contributed by atoms with Crippen molar-refractivity contribution in [1.29, 1.82) is 0 Å². The molecule has 2 N–H and O–H groups in total. The maximum atomic E-state index is 11.9. The first-order valence-corrected chi connectivity index (χ1v) is 8.17. The van der Waals surface area contributed by atoms with E-state index < -0.39 is 0 Å². The highest BCUT2D eigenvalue weighted by molar-refractivity contribution is 6.30. The Hall–Kier alpha value is -2.53. The molecule has 0 aliphatic heterocycles. The number of hydrogen-bond acceptors (Lipinski definition) is 3. The van der Waals surface area contributed by atoms with E-state index in [-0.39, 0.29) is 5.91 Å². The zero-order valence-electron chi connectivity index (χ0n) is 13.1. The molecule has 6 heteroatoms. The van der Waals surface area contributed by atoms with Crippen molar-refractivity contribution in [1.82, 2.24) is 15.3 Å². The fourth-order valence-corrected chi connectivity index (χ4v) is 2.44. The van der Waals surface area contributed by atoms with Crippen LogP contribution in [0.2, 0.25) is 5.02 Å². The summed E-state index contributed by atoms with van der Waals surface area (Å²) in [7, 11) is 0. The Kier molecular flexibility index (Phi) is 5.33. The Bertz CT molecular complexity index is 782. The summed E-state index contributed by atoms with van der Waals surface area (Å²) in [6.07, 6.45) is 1.06. The number of nitrogens with one attached hydrogen (secondary N) is 2. The van der Waals surface area contributed by atoms with Gasteiger partial charge in [0.1, 0.15) is 11.6 Å². The number of imidazole rings is 1. The van der Waals surface area contributed by atoms with Crippen LogP contribution in [0.25, 0.3) is 11.0 Å². The highest BCUT2D eigenvalue weighted by Crippen LogP contribution is 2.15. The summed E-state index contributed by atoms with van der Waals surface area (Å²) in [5.74, 6) is 1.49. The van der Waals surface area contributed by atoms with Gasteiger partial charge in [-0.3, -0.25) is 4.79 Å². The van der Waals surface area contributed by atoms with E-state index in [1.54, 1.807) is 12.1 Å². The van der Waals surface area contributed by atoms with E-state index in [4.69, 9.17) is 16.3 Å². The Labute approximate surface area is 145 Å². The summed E-state index contributed by atoms with van der Waals surface area (Å²) < 4.78 is 5.56. The molecule has 1 heterocycles. The maximum absolute atomic E-state index is 11.9. The molecule has 0 radical (unpaired) electrons. The highest BCUT2D eigenvalue weighted by atomic mass is 35.5. The topological polar surface area (TPSA) is 67.0 Å². The molecule has 0 spiro atoms. The Morgan fingerprint density at radius 1 is 1.17 bits per heavy atom. The molecule has 0 saturated heterocycles. The first-order valence-electron chi connectivity index (χ1n) is 7.79. The van der Waals surface area contributed by atoms with Crippen molar-refractivity contribution in [2.24, 2.45) is 0 Å². The number of nitrogens with zero attached hydrogens (tertiary/aromatic N) is 1. The number of rotatable bonds is 7. The highest BCUT2D eigenvalue weighted by Gasteiger charge is 2.05. The average molecular weight is 344 g/mol. The molecule has 3 rings (SSSR count). The van der Waals surface area contributed by atoms with E-state index in [2.05, 4.69) is 15.3 Å². The van der Waals surface area contributed by atoms with Gasteiger partial charge in [-0.1, -0.05) is 23.7 Å². The molecule has 5 nitrogen and oxygen atoms in total. The van der Waals surface area contributed by atoms with Crippen LogP contribution in [0.1, 0.15) is 18.7 Å². The monoisotopic (exact) mass is 343 g/mol. The molecule has 0 aliphatic carbocycles. The second-order valence-corrected chi connectivity index (χ2v) is 5.82. The molecule has 0 bridgehead atoms. The molecule has 124 valence electrons. The standard InChI is InChI=1S/C18H18ClN3O2/c19-13-7-9-14(10-8-13)24-11-3-6-18(23)20-12-17-21-15-4-1-2-5-16(15)22-17/h1-2,4-5,7-10H,3,6,11-12H2,(H,20,23)(H,21,22). The third kappa shape index (κ3) is 4.49. The summed E-state index contributed by atoms with van der Waals surface area (Å²) in [6.45, 7) is 0.880. The Morgan fingerprint density at radius 3 is 2.75 bits per heavy atom. The van der Waals surface area contributed by atoms with Crippen LogP contribution in [-0.2, 0) is 11.3 Å². The summed E-state index contributed by atoms with van der Waals surface area (Å²) in [6, 6.07) is 14.9. The molecular weight excluding hydrogens is 326 g/mol. The molecule has 0 fully saturated rings. The molecular formula is C18H18ClN3O2. The summed E-state index contributed by atoms with van der Waals surface area (Å²) in [5.41, 5.74) is 1.87. The minimum absolute atomic E-state index is 0.0184. The molecule has 0 aliphatic rings. The van der Waals surface area contributed by atoms with E-state index >= 15 is 0 Å². The van der Waals surface area contributed by atoms with Crippen molar-refractivity contribution < 1.29 is 9.53 Å². The van der Waals surface area contributed by atoms with Crippen molar-refractivity contribution >= 4 is 28.5 Å². The van der Waals surface area contributed by atoms with Crippen LogP contribution in [-0.4, -0.2) is 22.5 Å². The van der Waals surface area contributed by atoms with Crippen molar-refractivity contribution in [2.45, 2.75) is 19.4 Å². The molecule has 0 atom stereocenters. The number of benzene rings is 2. The third-order valence-electron chi connectivity index (χ3n) is 3.52. The number of ether oxygens (including phenoxy) is 1. The number of halogens is 1. The normalized spacial score (nSPS) is 10.7. The zero-order valence-corrected chi connectivity index (χ0v) is 13.8. The van der Waals surface area contributed by atoms with E-state index in [0.29, 0.717) is 31.0 Å². The van der Waals surface area contributed by atoms with Gasteiger partial charge in [-0.05, 0) is 42.8 Å².